The number of likely N-dealkylation sites (N-methyl/N-ethyl adjacent to an activating group) is 1. The summed E-state index contributed by atoms with van der Waals surface area (Å²) in [6.07, 6.45) is 2.31. The molecule has 0 radical (unpaired) electrons. The summed E-state index contributed by atoms with van der Waals surface area (Å²) in [6, 6.07) is 7.83. The van der Waals surface area contributed by atoms with E-state index in [0.29, 0.717) is 6.42 Å². The largest absolute Gasteiger partial charge is 0.285 e. The smallest absolute Gasteiger partial charge is 0.236 e. The first-order chi connectivity index (χ1) is 7.63. The quantitative estimate of drug-likeness (QED) is 0.580. The van der Waals surface area contributed by atoms with Gasteiger partial charge in [0.1, 0.15) is 0 Å². The normalized spacial score (nSPS) is 20.6. The Kier molecular flexibility index (Phi) is 3.01. The summed E-state index contributed by atoms with van der Waals surface area (Å²) < 4.78 is 0. The standard InChI is InChI=1S/C12H13NO2S/c1-13-11(14)7-10(12(13)15)8-3-5-9(16-2)6-4-8/h3-6,10H,7H2,1-2H3/t10-/m1/s1. The molecule has 0 N–H and O–H groups in total. The van der Waals surface area contributed by atoms with E-state index < -0.39 is 0 Å². The molecule has 0 saturated carbocycles. The number of amides is 2. The van der Waals surface area contributed by atoms with Gasteiger partial charge in [-0.3, -0.25) is 14.5 Å². The molecule has 0 aromatic heterocycles. The highest BCUT2D eigenvalue weighted by molar-refractivity contribution is 7.98. The second-order valence-electron chi connectivity index (χ2n) is 3.82. The van der Waals surface area contributed by atoms with Crippen molar-refractivity contribution in [1.82, 2.24) is 4.90 Å². The van der Waals surface area contributed by atoms with Crippen LogP contribution in [0.15, 0.2) is 29.2 Å². The van der Waals surface area contributed by atoms with Crippen molar-refractivity contribution in [2.75, 3.05) is 13.3 Å². The van der Waals surface area contributed by atoms with Crippen molar-refractivity contribution >= 4 is 23.6 Å². The van der Waals surface area contributed by atoms with Gasteiger partial charge in [0.15, 0.2) is 0 Å². The number of hydrogen-bond donors (Lipinski definition) is 0. The third kappa shape index (κ3) is 1.85. The van der Waals surface area contributed by atoms with E-state index in [0.717, 1.165) is 10.5 Å². The second kappa shape index (κ2) is 4.29. The fourth-order valence-corrected chi connectivity index (χ4v) is 2.26. The Morgan fingerprint density at radius 3 is 2.31 bits per heavy atom. The van der Waals surface area contributed by atoms with Gasteiger partial charge in [-0.1, -0.05) is 12.1 Å². The minimum absolute atomic E-state index is 0.0936. The van der Waals surface area contributed by atoms with E-state index >= 15 is 0 Å². The molecule has 2 amide bonds. The Morgan fingerprint density at radius 1 is 1.25 bits per heavy atom. The maximum absolute atomic E-state index is 11.8. The van der Waals surface area contributed by atoms with Gasteiger partial charge in [-0.15, -0.1) is 11.8 Å². The molecular formula is C12H13NO2S. The Bertz CT molecular complexity index is 427. The molecule has 0 bridgehead atoms. The highest BCUT2D eigenvalue weighted by atomic mass is 32.2. The van der Waals surface area contributed by atoms with Gasteiger partial charge in [-0.2, -0.15) is 0 Å². The zero-order valence-corrected chi connectivity index (χ0v) is 10.1. The lowest BCUT2D eigenvalue weighted by atomic mass is 9.98. The van der Waals surface area contributed by atoms with Crippen LogP contribution >= 0.6 is 11.8 Å². The number of carbonyl (C=O) groups is 2. The monoisotopic (exact) mass is 235 g/mol. The molecule has 1 fully saturated rings. The molecule has 1 aliphatic heterocycles. The van der Waals surface area contributed by atoms with Gasteiger partial charge in [-0.25, -0.2) is 0 Å². The number of rotatable bonds is 2. The van der Waals surface area contributed by atoms with E-state index in [4.69, 9.17) is 0 Å². The van der Waals surface area contributed by atoms with Crippen LogP contribution in [0.25, 0.3) is 0 Å². The van der Waals surface area contributed by atoms with Gasteiger partial charge in [0.2, 0.25) is 11.8 Å². The zero-order valence-electron chi connectivity index (χ0n) is 9.27. The number of hydrogen-bond acceptors (Lipinski definition) is 3. The topological polar surface area (TPSA) is 37.4 Å². The van der Waals surface area contributed by atoms with E-state index in [9.17, 15) is 9.59 Å². The Balaban J connectivity index is 2.25. The molecule has 0 aliphatic carbocycles. The van der Waals surface area contributed by atoms with Crippen molar-refractivity contribution in [2.24, 2.45) is 0 Å². The van der Waals surface area contributed by atoms with Crippen molar-refractivity contribution in [3.63, 3.8) is 0 Å². The molecule has 1 aromatic rings. The molecule has 1 aromatic carbocycles. The first-order valence-corrected chi connectivity index (χ1v) is 6.30. The van der Waals surface area contributed by atoms with Crippen molar-refractivity contribution in [1.29, 1.82) is 0 Å². The molecule has 1 saturated heterocycles. The summed E-state index contributed by atoms with van der Waals surface area (Å²) in [5.74, 6) is -0.473. The third-order valence-corrected chi connectivity index (χ3v) is 3.64. The second-order valence-corrected chi connectivity index (χ2v) is 4.70. The average Bonchev–Trinajstić information content (AvgIpc) is 2.57. The lowest BCUT2D eigenvalue weighted by Gasteiger charge is -2.09. The molecule has 16 heavy (non-hydrogen) atoms. The Morgan fingerprint density at radius 2 is 1.88 bits per heavy atom. The van der Waals surface area contributed by atoms with E-state index in [1.165, 1.54) is 4.90 Å². The summed E-state index contributed by atoms with van der Waals surface area (Å²) in [6.45, 7) is 0. The summed E-state index contributed by atoms with van der Waals surface area (Å²) >= 11 is 1.66. The van der Waals surface area contributed by atoms with E-state index in [1.807, 2.05) is 30.5 Å². The lowest BCUT2D eigenvalue weighted by molar-refractivity contribution is -0.137. The molecular weight excluding hydrogens is 222 g/mol. The number of likely N-dealkylation sites (tertiary alicyclic amines) is 1. The predicted octanol–water partition coefficient (Wildman–Crippen LogP) is 1.88. The van der Waals surface area contributed by atoms with Gasteiger partial charge >= 0.3 is 0 Å². The van der Waals surface area contributed by atoms with Gasteiger partial charge in [-0.05, 0) is 24.0 Å². The molecule has 4 heteroatoms. The minimum Gasteiger partial charge on any atom is -0.285 e. The van der Waals surface area contributed by atoms with Crippen molar-refractivity contribution in [3.8, 4) is 0 Å². The first-order valence-electron chi connectivity index (χ1n) is 5.08. The third-order valence-electron chi connectivity index (χ3n) is 2.90. The molecule has 1 heterocycles. The van der Waals surface area contributed by atoms with Crippen LogP contribution < -0.4 is 0 Å². The van der Waals surface area contributed by atoms with Crippen LogP contribution in [-0.4, -0.2) is 30.0 Å². The fourth-order valence-electron chi connectivity index (χ4n) is 1.85. The van der Waals surface area contributed by atoms with Gasteiger partial charge in [0, 0.05) is 18.4 Å². The first kappa shape index (κ1) is 11.2. The summed E-state index contributed by atoms with van der Waals surface area (Å²) in [7, 11) is 1.54. The molecule has 2 rings (SSSR count). The number of benzene rings is 1. The van der Waals surface area contributed by atoms with E-state index in [-0.39, 0.29) is 17.7 Å². The van der Waals surface area contributed by atoms with E-state index in [1.54, 1.807) is 18.8 Å². The van der Waals surface area contributed by atoms with Gasteiger partial charge in [0.25, 0.3) is 0 Å². The molecule has 0 spiro atoms. The lowest BCUT2D eigenvalue weighted by Crippen LogP contribution is -2.25. The maximum Gasteiger partial charge on any atom is 0.236 e. The molecule has 3 nitrogen and oxygen atoms in total. The molecule has 84 valence electrons. The van der Waals surface area contributed by atoms with Crippen LogP contribution in [0.2, 0.25) is 0 Å². The Labute approximate surface area is 98.8 Å². The molecule has 1 atom stereocenters. The number of carbonyl (C=O) groups excluding carboxylic acids is 2. The van der Waals surface area contributed by atoms with Crippen molar-refractivity contribution in [3.05, 3.63) is 29.8 Å². The van der Waals surface area contributed by atoms with Crippen LogP contribution in [0.4, 0.5) is 0 Å². The van der Waals surface area contributed by atoms with Gasteiger partial charge < -0.3 is 0 Å². The van der Waals surface area contributed by atoms with Crippen LogP contribution in [0.3, 0.4) is 0 Å². The van der Waals surface area contributed by atoms with E-state index in [2.05, 4.69) is 0 Å². The highest BCUT2D eigenvalue weighted by Crippen LogP contribution is 2.29. The average molecular weight is 235 g/mol. The van der Waals surface area contributed by atoms with Crippen molar-refractivity contribution < 1.29 is 9.59 Å². The van der Waals surface area contributed by atoms with Crippen molar-refractivity contribution in [2.45, 2.75) is 17.2 Å². The molecule has 1 aliphatic rings. The van der Waals surface area contributed by atoms with Crippen LogP contribution in [0, 0.1) is 0 Å². The zero-order chi connectivity index (χ0) is 11.7. The Hall–Kier alpha value is -1.29. The van der Waals surface area contributed by atoms with Crippen LogP contribution in [0.1, 0.15) is 17.9 Å². The SMILES string of the molecule is CSc1ccc([C@H]2CC(=O)N(C)C2=O)cc1. The fraction of sp³-hybridized carbons (Fsp3) is 0.333. The summed E-state index contributed by atoms with van der Waals surface area (Å²) in [5, 5.41) is 0. The number of nitrogens with zero attached hydrogens (tertiary/aromatic N) is 1. The molecule has 0 unspecified atom stereocenters. The minimum atomic E-state index is -0.284. The van der Waals surface area contributed by atoms with Crippen LogP contribution in [0.5, 0.6) is 0 Å². The van der Waals surface area contributed by atoms with Gasteiger partial charge in [0.05, 0.1) is 5.92 Å². The predicted molar refractivity (Wildman–Crippen MR) is 63.4 cm³/mol. The number of imide groups is 1. The maximum atomic E-state index is 11.8. The summed E-state index contributed by atoms with van der Waals surface area (Å²) in [5.41, 5.74) is 0.931. The number of thioether (sulfide) groups is 1. The summed E-state index contributed by atoms with van der Waals surface area (Å²) in [4.78, 5) is 25.5. The van der Waals surface area contributed by atoms with Crippen LogP contribution in [-0.2, 0) is 9.59 Å². The highest BCUT2D eigenvalue weighted by Gasteiger charge is 2.36.